The number of hydrogen-bond donors (Lipinski definition) is 2. The lowest BCUT2D eigenvalue weighted by atomic mass is 9.94. The topological polar surface area (TPSA) is 53.5 Å². The first-order chi connectivity index (χ1) is 8.48. The Morgan fingerprint density at radius 3 is 2.50 bits per heavy atom. The second-order valence-corrected chi connectivity index (χ2v) is 5.65. The van der Waals surface area contributed by atoms with E-state index in [1.165, 1.54) is 25.7 Å². The molecule has 0 spiro atoms. The summed E-state index contributed by atoms with van der Waals surface area (Å²) >= 11 is 0. The number of aliphatic imine (C=N–C) groups is 1. The van der Waals surface area contributed by atoms with Crippen LogP contribution in [-0.4, -0.2) is 23.4 Å². The second kappa shape index (κ2) is 6.76. The minimum atomic E-state index is -0.472. The Bertz CT molecular complexity index is 312. The number of hydrogen-bond acceptors (Lipinski definition) is 2. The molecule has 0 aliphatic carbocycles. The summed E-state index contributed by atoms with van der Waals surface area (Å²) in [5.41, 5.74) is -0.472. The zero-order chi connectivity index (χ0) is 13.6. The predicted molar refractivity (Wildman–Crippen MR) is 75.6 cm³/mol. The van der Waals surface area contributed by atoms with Gasteiger partial charge in [-0.25, -0.2) is 0 Å². The molecule has 1 unspecified atom stereocenters. The van der Waals surface area contributed by atoms with Gasteiger partial charge in [0, 0.05) is 6.04 Å². The highest BCUT2D eigenvalue weighted by Gasteiger charge is 2.39. The quantitative estimate of drug-likeness (QED) is 0.685. The van der Waals surface area contributed by atoms with Crippen molar-refractivity contribution < 1.29 is 4.79 Å². The van der Waals surface area contributed by atoms with E-state index in [-0.39, 0.29) is 11.9 Å². The molecule has 1 atom stereocenters. The lowest BCUT2D eigenvalue weighted by Gasteiger charge is -2.20. The zero-order valence-corrected chi connectivity index (χ0v) is 12.2. The molecule has 1 saturated heterocycles. The Morgan fingerprint density at radius 1 is 1.22 bits per heavy atom. The fraction of sp³-hybridized carbons (Fsp3) is 0.857. The fourth-order valence-corrected chi connectivity index (χ4v) is 2.18. The molecule has 1 aliphatic heterocycles. The highest BCUT2D eigenvalue weighted by molar-refractivity contribution is 6.08. The van der Waals surface area contributed by atoms with E-state index >= 15 is 0 Å². The Balaban J connectivity index is 2.41. The third kappa shape index (κ3) is 4.31. The summed E-state index contributed by atoms with van der Waals surface area (Å²) in [5.74, 6) is 0.684. The van der Waals surface area contributed by atoms with Crippen molar-refractivity contribution in [1.82, 2.24) is 10.6 Å². The summed E-state index contributed by atoms with van der Waals surface area (Å²) in [7, 11) is 0. The fourth-order valence-electron chi connectivity index (χ4n) is 2.18. The number of unbranched alkanes of at least 4 members (excludes halogenated alkanes) is 4. The second-order valence-electron chi connectivity index (χ2n) is 5.65. The standard InChI is InChI=1S/C14H27N3O/c1-5-6-7-8-9-10-14(4)12(18)16-13(17-14)15-11(2)3/h11H,5-10H2,1-4H3,(H2,15,16,17,18). The van der Waals surface area contributed by atoms with Gasteiger partial charge in [-0.2, -0.15) is 0 Å². The van der Waals surface area contributed by atoms with Crippen LogP contribution in [-0.2, 0) is 4.79 Å². The number of carbonyl (C=O) groups is 1. The molecule has 1 heterocycles. The van der Waals surface area contributed by atoms with Crippen LogP contribution < -0.4 is 10.6 Å². The molecule has 0 aromatic rings. The zero-order valence-electron chi connectivity index (χ0n) is 12.2. The number of nitrogens with zero attached hydrogens (tertiary/aromatic N) is 1. The van der Waals surface area contributed by atoms with Crippen molar-refractivity contribution in [2.75, 3.05) is 0 Å². The molecule has 0 radical (unpaired) electrons. The van der Waals surface area contributed by atoms with Crippen molar-refractivity contribution >= 4 is 11.9 Å². The molecule has 4 nitrogen and oxygen atoms in total. The summed E-state index contributed by atoms with van der Waals surface area (Å²) in [5, 5.41) is 6.06. The van der Waals surface area contributed by atoms with E-state index in [0.29, 0.717) is 5.96 Å². The van der Waals surface area contributed by atoms with E-state index in [9.17, 15) is 4.79 Å². The van der Waals surface area contributed by atoms with Crippen LogP contribution in [0.25, 0.3) is 0 Å². The van der Waals surface area contributed by atoms with Gasteiger partial charge in [0.2, 0.25) is 0 Å². The average Bonchev–Trinajstić information content (AvgIpc) is 2.53. The van der Waals surface area contributed by atoms with E-state index < -0.39 is 5.54 Å². The van der Waals surface area contributed by atoms with Gasteiger partial charge in [0.15, 0.2) is 5.96 Å². The molecule has 1 rings (SSSR count). The molecule has 1 aliphatic rings. The van der Waals surface area contributed by atoms with Gasteiger partial charge < -0.3 is 5.32 Å². The smallest absolute Gasteiger partial charge is 0.252 e. The van der Waals surface area contributed by atoms with Crippen molar-refractivity contribution in [3.8, 4) is 0 Å². The molecule has 0 bridgehead atoms. The van der Waals surface area contributed by atoms with Gasteiger partial charge in [-0.1, -0.05) is 39.0 Å². The molecule has 0 saturated carbocycles. The van der Waals surface area contributed by atoms with Crippen molar-refractivity contribution in [3.05, 3.63) is 0 Å². The number of amides is 1. The van der Waals surface area contributed by atoms with Gasteiger partial charge in [-0.05, 0) is 27.2 Å². The number of carbonyl (C=O) groups excluding carboxylic acids is 1. The summed E-state index contributed by atoms with van der Waals surface area (Å²) < 4.78 is 0. The Hall–Kier alpha value is -1.06. The minimum absolute atomic E-state index is 0.0531. The monoisotopic (exact) mass is 253 g/mol. The molecular formula is C14H27N3O. The number of nitrogens with one attached hydrogen (secondary N) is 2. The Morgan fingerprint density at radius 2 is 1.89 bits per heavy atom. The van der Waals surface area contributed by atoms with E-state index in [1.807, 2.05) is 20.8 Å². The predicted octanol–water partition coefficient (Wildman–Crippen LogP) is 2.59. The molecule has 1 fully saturated rings. The summed E-state index contributed by atoms with van der Waals surface area (Å²) in [6, 6.07) is 0.194. The lowest BCUT2D eigenvalue weighted by Crippen LogP contribution is -2.43. The van der Waals surface area contributed by atoms with Gasteiger partial charge in [-0.15, -0.1) is 0 Å². The maximum Gasteiger partial charge on any atom is 0.252 e. The first-order valence-corrected chi connectivity index (χ1v) is 7.15. The van der Waals surface area contributed by atoms with Gasteiger partial charge in [0.1, 0.15) is 5.54 Å². The molecule has 104 valence electrons. The van der Waals surface area contributed by atoms with Crippen molar-refractivity contribution in [2.45, 2.75) is 77.8 Å². The third-order valence-electron chi connectivity index (χ3n) is 3.30. The van der Waals surface area contributed by atoms with Crippen LogP contribution in [0.2, 0.25) is 0 Å². The van der Waals surface area contributed by atoms with Crippen LogP contribution in [0.15, 0.2) is 4.99 Å². The van der Waals surface area contributed by atoms with Crippen molar-refractivity contribution in [2.24, 2.45) is 4.99 Å². The molecule has 18 heavy (non-hydrogen) atoms. The van der Waals surface area contributed by atoms with Crippen LogP contribution >= 0.6 is 0 Å². The van der Waals surface area contributed by atoms with Gasteiger partial charge in [0.05, 0.1) is 0 Å². The van der Waals surface area contributed by atoms with Crippen LogP contribution in [0.5, 0.6) is 0 Å². The summed E-state index contributed by atoms with van der Waals surface area (Å²) in [4.78, 5) is 16.3. The number of guanidine groups is 1. The highest BCUT2D eigenvalue weighted by atomic mass is 16.2. The largest absolute Gasteiger partial charge is 0.342 e. The molecular weight excluding hydrogens is 226 g/mol. The first kappa shape index (κ1) is 15.0. The van der Waals surface area contributed by atoms with E-state index in [1.54, 1.807) is 0 Å². The lowest BCUT2D eigenvalue weighted by molar-refractivity contribution is -0.123. The Kier molecular flexibility index (Phi) is 5.63. The van der Waals surface area contributed by atoms with Gasteiger partial charge in [0.25, 0.3) is 5.91 Å². The average molecular weight is 253 g/mol. The van der Waals surface area contributed by atoms with Gasteiger partial charge in [-0.3, -0.25) is 15.1 Å². The van der Waals surface area contributed by atoms with Crippen LogP contribution in [0.4, 0.5) is 0 Å². The molecule has 4 heteroatoms. The SMILES string of the molecule is CCCCCCCC1(C)NC(=NC(C)C)NC1=O. The minimum Gasteiger partial charge on any atom is -0.342 e. The van der Waals surface area contributed by atoms with E-state index in [0.717, 1.165) is 12.8 Å². The molecule has 2 N–H and O–H groups in total. The van der Waals surface area contributed by atoms with Crippen LogP contribution in [0.1, 0.15) is 66.2 Å². The normalized spacial score (nSPS) is 25.6. The molecule has 0 aromatic carbocycles. The third-order valence-corrected chi connectivity index (χ3v) is 3.30. The van der Waals surface area contributed by atoms with E-state index in [4.69, 9.17) is 0 Å². The van der Waals surface area contributed by atoms with Crippen LogP contribution in [0.3, 0.4) is 0 Å². The summed E-state index contributed by atoms with van der Waals surface area (Å²) in [6.07, 6.45) is 6.97. The summed E-state index contributed by atoms with van der Waals surface area (Å²) in [6.45, 7) is 8.18. The maximum absolute atomic E-state index is 12.0. The highest BCUT2D eigenvalue weighted by Crippen LogP contribution is 2.19. The van der Waals surface area contributed by atoms with Gasteiger partial charge >= 0.3 is 0 Å². The molecule has 0 aromatic heterocycles. The Labute approximate surface area is 111 Å². The van der Waals surface area contributed by atoms with E-state index in [2.05, 4.69) is 22.5 Å². The number of rotatable bonds is 7. The van der Waals surface area contributed by atoms with Crippen molar-refractivity contribution in [3.63, 3.8) is 0 Å². The first-order valence-electron chi connectivity index (χ1n) is 7.15. The molecule has 1 amide bonds. The van der Waals surface area contributed by atoms with Crippen molar-refractivity contribution in [1.29, 1.82) is 0 Å². The van der Waals surface area contributed by atoms with Crippen LogP contribution in [0, 0.1) is 0 Å². The maximum atomic E-state index is 12.0.